The molecule has 0 saturated heterocycles. The number of benzene rings is 2. The fraction of sp³-hybridized carbons (Fsp3) is 0.238. The van der Waals surface area contributed by atoms with Crippen LogP contribution < -0.4 is 5.56 Å². The van der Waals surface area contributed by atoms with Crippen LogP contribution in [-0.2, 0) is 22.5 Å². The Balaban J connectivity index is 1.57. The molecule has 2 heterocycles. The van der Waals surface area contributed by atoms with E-state index in [2.05, 4.69) is 9.97 Å². The third-order valence-electron chi connectivity index (χ3n) is 4.86. The largest absolute Gasteiger partial charge is 0.448 e. The molecule has 2 aromatic carbocycles. The van der Waals surface area contributed by atoms with Crippen LogP contribution in [-0.4, -0.2) is 39.4 Å². The summed E-state index contributed by atoms with van der Waals surface area (Å²) in [6.07, 6.45) is -0.548. The molecule has 1 aliphatic rings. The van der Waals surface area contributed by atoms with E-state index in [1.165, 1.54) is 4.90 Å². The number of rotatable bonds is 4. The molecule has 0 unspecified atom stereocenters. The lowest BCUT2D eigenvalue weighted by molar-refractivity contribution is -0.141. The number of nitrogens with one attached hydrogen (secondary N) is 1. The number of aromatic nitrogens is 2. The van der Waals surface area contributed by atoms with Crippen molar-refractivity contribution in [2.75, 3.05) is 6.54 Å². The van der Waals surface area contributed by atoms with Gasteiger partial charge in [0.1, 0.15) is 5.82 Å². The number of hydrogen-bond donors (Lipinski definition) is 1. The summed E-state index contributed by atoms with van der Waals surface area (Å²) in [6.45, 7) is 2.35. The summed E-state index contributed by atoms with van der Waals surface area (Å²) in [4.78, 5) is 46.1. The van der Waals surface area contributed by atoms with Crippen molar-refractivity contribution >= 4 is 22.8 Å². The molecule has 1 aromatic heterocycles. The van der Waals surface area contributed by atoms with E-state index >= 15 is 0 Å². The first-order valence-electron chi connectivity index (χ1n) is 9.12. The van der Waals surface area contributed by atoms with E-state index in [1.54, 1.807) is 36.4 Å². The van der Waals surface area contributed by atoms with Crippen molar-refractivity contribution in [1.29, 1.82) is 0 Å². The Labute approximate surface area is 161 Å². The van der Waals surface area contributed by atoms with E-state index in [9.17, 15) is 14.4 Å². The molecule has 4 rings (SSSR count). The highest BCUT2D eigenvalue weighted by Gasteiger charge is 2.33. The van der Waals surface area contributed by atoms with Crippen LogP contribution in [0.3, 0.4) is 0 Å². The number of nitrogens with zero attached hydrogens (tertiary/aromatic N) is 2. The predicted molar refractivity (Wildman–Crippen MR) is 103 cm³/mol. The number of fused-ring (bicyclic) bond motifs is 2. The molecular formula is C21H19N3O4. The topological polar surface area (TPSA) is 92.4 Å². The predicted octanol–water partition coefficient (Wildman–Crippen LogP) is 2.05. The Morgan fingerprint density at radius 2 is 1.93 bits per heavy atom. The van der Waals surface area contributed by atoms with Gasteiger partial charge in [0.15, 0.2) is 6.10 Å². The van der Waals surface area contributed by atoms with Gasteiger partial charge in [-0.1, -0.05) is 30.3 Å². The molecule has 28 heavy (non-hydrogen) atoms. The number of ether oxygens (including phenoxy) is 1. The maximum Gasteiger partial charge on any atom is 0.339 e. The minimum absolute atomic E-state index is 0.130. The first-order chi connectivity index (χ1) is 13.6. The molecule has 7 nitrogen and oxygen atoms in total. The van der Waals surface area contributed by atoms with Gasteiger partial charge in [0.2, 0.25) is 0 Å². The number of H-pyrrole nitrogens is 1. The molecule has 0 saturated carbocycles. The number of para-hydroxylation sites is 1. The summed E-state index contributed by atoms with van der Waals surface area (Å²) >= 11 is 0. The minimum Gasteiger partial charge on any atom is -0.448 e. The maximum atomic E-state index is 13.0. The molecule has 7 heteroatoms. The molecule has 3 aromatic rings. The van der Waals surface area contributed by atoms with Crippen LogP contribution in [0.15, 0.2) is 53.3 Å². The van der Waals surface area contributed by atoms with Crippen molar-refractivity contribution in [2.45, 2.75) is 26.0 Å². The number of amides is 1. The number of hydrogen-bond acceptors (Lipinski definition) is 5. The van der Waals surface area contributed by atoms with Crippen molar-refractivity contribution in [1.82, 2.24) is 14.9 Å². The van der Waals surface area contributed by atoms with E-state index < -0.39 is 12.1 Å². The third-order valence-corrected chi connectivity index (χ3v) is 4.86. The monoisotopic (exact) mass is 377 g/mol. The lowest BCUT2D eigenvalue weighted by Gasteiger charge is -2.29. The van der Waals surface area contributed by atoms with E-state index in [4.69, 9.17) is 4.74 Å². The molecule has 1 aliphatic heterocycles. The van der Waals surface area contributed by atoms with Gasteiger partial charge in [-0.3, -0.25) is 9.59 Å². The standard InChI is InChI=1S/C21H19N3O4/c1-2-24(12-18-22-16-10-6-5-9-15(16)19(25)23-18)20(26)17-11-13-7-3-4-8-14(13)21(27)28-17/h3-10,17H,2,11-12H2,1H3,(H,22,23,25)/t17-/m1/s1. The summed E-state index contributed by atoms with van der Waals surface area (Å²) in [6, 6.07) is 14.2. The maximum absolute atomic E-state index is 13.0. The molecule has 0 fully saturated rings. The Hall–Kier alpha value is -3.48. The van der Waals surface area contributed by atoms with E-state index in [0.717, 1.165) is 5.56 Å². The SMILES string of the molecule is CCN(Cc1nc2ccccc2c(=O)[nH]1)C(=O)[C@H]1Cc2ccccc2C(=O)O1. The summed E-state index contributed by atoms with van der Waals surface area (Å²) in [5, 5.41) is 0.499. The fourth-order valence-electron chi connectivity index (χ4n) is 3.41. The molecule has 1 atom stereocenters. The Morgan fingerprint density at radius 3 is 2.75 bits per heavy atom. The van der Waals surface area contributed by atoms with Crippen molar-refractivity contribution in [3.05, 3.63) is 75.8 Å². The van der Waals surface area contributed by atoms with Crippen molar-refractivity contribution in [2.24, 2.45) is 0 Å². The molecule has 0 aliphatic carbocycles. The van der Waals surface area contributed by atoms with Crippen molar-refractivity contribution in [3.63, 3.8) is 0 Å². The van der Waals surface area contributed by atoms with Gasteiger partial charge in [0.25, 0.3) is 11.5 Å². The zero-order valence-electron chi connectivity index (χ0n) is 15.3. The van der Waals surface area contributed by atoms with Gasteiger partial charge in [0, 0.05) is 13.0 Å². The third kappa shape index (κ3) is 3.26. The fourth-order valence-corrected chi connectivity index (χ4v) is 3.41. The van der Waals surface area contributed by atoms with Crippen LogP contribution in [0.25, 0.3) is 10.9 Å². The van der Waals surface area contributed by atoms with E-state index in [1.807, 2.05) is 19.1 Å². The Kier molecular flexibility index (Phi) is 4.65. The van der Waals surface area contributed by atoms with Gasteiger partial charge >= 0.3 is 5.97 Å². The lowest BCUT2D eigenvalue weighted by atomic mass is 9.98. The molecule has 0 spiro atoms. The summed E-state index contributed by atoms with van der Waals surface area (Å²) in [7, 11) is 0. The second kappa shape index (κ2) is 7.26. The molecule has 0 bridgehead atoms. The van der Waals surface area contributed by atoms with Crippen LogP contribution in [0.1, 0.15) is 28.7 Å². The number of carbonyl (C=O) groups excluding carboxylic acids is 2. The Bertz CT molecular complexity index is 1120. The number of likely N-dealkylation sites (N-methyl/N-ethyl adjacent to an activating group) is 1. The first kappa shape index (κ1) is 17.9. The number of esters is 1. The summed E-state index contributed by atoms with van der Waals surface area (Å²) in [5.74, 6) is -0.406. The number of carbonyl (C=O) groups is 2. The van der Waals surface area contributed by atoms with Gasteiger partial charge in [-0.2, -0.15) is 0 Å². The molecule has 1 amide bonds. The molecular weight excluding hydrogens is 358 g/mol. The van der Waals surface area contributed by atoms with E-state index in [-0.39, 0.29) is 18.0 Å². The van der Waals surface area contributed by atoms with Gasteiger partial charge in [-0.05, 0) is 30.7 Å². The summed E-state index contributed by atoms with van der Waals surface area (Å²) in [5.41, 5.74) is 1.62. The second-order valence-corrected chi connectivity index (χ2v) is 6.64. The molecule has 0 radical (unpaired) electrons. The van der Waals surface area contributed by atoms with Crippen LogP contribution >= 0.6 is 0 Å². The highest BCUT2D eigenvalue weighted by molar-refractivity contribution is 5.95. The highest BCUT2D eigenvalue weighted by Crippen LogP contribution is 2.22. The van der Waals surface area contributed by atoms with Crippen molar-refractivity contribution < 1.29 is 14.3 Å². The van der Waals surface area contributed by atoms with E-state index in [0.29, 0.717) is 35.3 Å². The lowest BCUT2D eigenvalue weighted by Crippen LogP contribution is -2.44. The van der Waals surface area contributed by atoms with Gasteiger partial charge in [-0.15, -0.1) is 0 Å². The van der Waals surface area contributed by atoms with Gasteiger partial charge in [0.05, 0.1) is 23.0 Å². The van der Waals surface area contributed by atoms with Crippen LogP contribution in [0.2, 0.25) is 0 Å². The van der Waals surface area contributed by atoms with Crippen LogP contribution in [0, 0.1) is 0 Å². The number of cyclic esters (lactones) is 1. The van der Waals surface area contributed by atoms with Gasteiger partial charge in [-0.25, -0.2) is 9.78 Å². The second-order valence-electron chi connectivity index (χ2n) is 6.64. The summed E-state index contributed by atoms with van der Waals surface area (Å²) < 4.78 is 5.37. The van der Waals surface area contributed by atoms with Crippen LogP contribution in [0.4, 0.5) is 0 Å². The molecule has 142 valence electrons. The highest BCUT2D eigenvalue weighted by atomic mass is 16.5. The number of aromatic amines is 1. The normalized spacial score (nSPS) is 15.8. The molecule has 1 N–H and O–H groups in total. The van der Waals surface area contributed by atoms with Crippen molar-refractivity contribution in [3.8, 4) is 0 Å². The first-order valence-corrected chi connectivity index (χ1v) is 9.12. The van der Waals surface area contributed by atoms with Crippen LogP contribution in [0.5, 0.6) is 0 Å². The average Bonchev–Trinajstić information content (AvgIpc) is 2.71. The quantitative estimate of drug-likeness (QED) is 0.703. The Morgan fingerprint density at radius 1 is 1.18 bits per heavy atom. The van der Waals surface area contributed by atoms with Gasteiger partial charge < -0.3 is 14.6 Å². The smallest absolute Gasteiger partial charge is 0.339 e. The average molecular weight is 377 g/mol. The minimum atomic E-state index is -0.880. The zero-order valence-corrected chi connectivity index (χ0v) is 15.3. The zero-order chi connectivity index (χ0) is 19.7.